The number of benzene rings is 1. The summed E-state index contributed by atoms with van der Waals surface area (Å²) in [6, 6.07) is 4.41. The Balaban J connectivity index is 1.71. The van der Waals surface area contributed by atoms with E-state index in [1.54, 1.807) is 18.2 Å². The number of β-amino-alcohol motifs (C(OH)–C–C–N with tert-alkyl or cyclic N) is 1. The summed E-state index contributed by atoms with van der Waals surface area (Å²) < 4.78 is 5.24. The molecule has 2 amide bonds. The highest BCUT2D eigenvalue weighted by molar-refractivity contribution is 6.42. The topological polar surface area (TPSA) is 73.8 Å². The summed E-state index contributed by atoms with van der Waals surface area (Å²) in [4.78, 5) is 13.9. The molecule has 1 aliphatic heterocycles. The van der Waals surface area contributed by atoms with Gasteiger partial charge in [-0.1, -0.05) is 23.2 Å². The molecule has 1 saturated heterocycles. The average molecular weight is 348 g/mol. The van der Waals surface area contributed by atoms with Gasteiger partial charge in [0.1, 0.15) is 0 Å². The van der Waals surface area contributed by atoms with Crippen molar-refractivity contribution in [3.63, 3.8) is 0 Å². The zero-order valence-electron chi connectivity index (χ0n) is 12.0. The number of nitrogens with zero attached hydrogens (tertiary/aromatic N) is 1. The molecule has 0 radical (unpaired) electrons. The molecule has 0 spiro atoms. The maximum atomic E-state index is 11.8. The fourth-order valence-corrected chi connectivity index (χ4v) is 2.40. The van der Waals surface area contributed by atoms with Crippen LogP contribution in [0.5, 0.6) is 0 Å². The van der Waals surface area contributed by atoms with Crippen LogP contribution in [0.1, 0.15) is 0 Å². The van der Waals surface area contributed by atoms with E-state index >= 15 is 0 Å². The van der Waals surface area contributed by atoms with E-state index in [1.807, 2.05) is 0 Å². The number of ether oxygens (including phenoxy) is 1. The molecule has 0 saturated carbocycles. The Hall–Kier alpha value is -1.05. The normalized spacial score (nSPS) is 17.0. The van der Waals surface area contributed by atoms with Crippen LogP contribution in [0.2, 0.25) is 10.0 Å². The lowest BCUT2D eigenvalue weighted by atomic mass is 10.3. The van der Waals surface area contributed by atoms with Gasteiger partial charge < -0.3 is 20.5 Å². The van der Waals surface area contributed by atoms with E-state index in [4.69, 9.17) is 27.9 Å². The zero-order chi connectivity index (χ0) is 15.9. The fraction of sp³-hybridized carbons (Fsp3) is 0.500. The van der Waals surface area contributed by atoms with Crippen molar-refractivity contribution in [3.05, 3.63) is 28.2 Å². The van der Waals surface area contributed by atoms with Gasteiger partial charge >= 0.3 is 6.03 Å². The number of urea groups is 1. The van der Waals surface area contributed by atoms with E-state index in [2.05, 4.69) is 15.5 Å². The number of nitrogens with one attached hydrogen (secondary N) is 2. The van der Waals surface area contributed by atoms with Crippen molar-refractivity contribution in [2.24, 2.45) is 0 Å². The minimum absolute atomic E-state index is 0.171. The number of aliphatic hydroxyl groups excluding tert-OH is 1. The van der Waals surface area contributed by atoms with E-state index in [-0.39, 0.29) is 6.54 Å². The molecule has 6 nitrogen and oxygen atoms in total. The fourth-order valence-electron chi connectivity index (χ4n) is 2.11. The van der Waals surface area contributed by atoms with E-state index < -0.39 is 12.1 Å². The first kappa shape index (κ1) is 17.3. The molecule has 0 aliphatic carbocycles. The molecular formula is C14H19Cl2N3O3. The first-order chi connectivity index (χ1) is 10.5. The molecule has 122 valence electrons. The standard InChI is InChI=1S/C14H19Cl2N3O3/c15-12-2-1-10(7-13(12)16)18-14(21)17-8-11(20)9-19-3-5-22-6-4-19/h1-2,7,11,20H,3-6,8-9H2,(H2,17,18,21)/t11-/m1/s1. The smallest absolute Gasteiger partial charge is 0.319 e. The zero-order valence-corrected chi connectivity index (χ0v) is 13.5. The second-order valence-electron chi connectivity index (χ2n) is 5.03. The molecule has 0 bridgehead atoms. The molecule has 1 aromatic rings. The Labute approximate surface area is 139 Å². The van der Waals surface area contributed by atoms with Gasteiger partial charge in [0.15, 0.2) is 0 Å². The van der Waals surface area contributed by atoms with Gasteiger partial charge in [-0.05, 0) is 18.2 Å². The highest BCUT2D eigenvalue weighted by atomic mass is 35.5. The molecule has 1 heterocycles. The Bertz CT molecular complexity index is 510. The van der Waals surface area contributed by atoms with Crippen molar-refractivity contribution in [3.8, 4) is 0 Å². The van der Waals surface area contributed by atoms with Crippen LogP contribution in [-0.2, 0) is 4.74 Å². The van der Waals surface area contributed by atoms with Crippen LogP contribution < -0.4 is 10.6 Å². The van der Waals surface area contributed by atoms with Gasteiger partial charge in [-0.15, -0.1) is 0 Å². The first-order valence-corrected chi connectivity index (χ1v) is 7.78. The lowest BCUT2D eigenvalue weighted by Crippen LogP contribution is -2.45. The van der Waals surface area contributed by atoms with Gasteiger partial charge in [0.2, 0.25) is 0 Å². The van der Waals surface area contributed by atoms with E-state index in [0.717, 1.165) is 13.1 Å². The summed E-state index contributed by atoms with van der Waals surface area (Å²) in [6.07, 6.45) is -0.627. The molecule has 1 fully saturated rings. The molecule has 3 N–H and O–H groups in total. The van der Waals surface area contributed by atoms with Crippen molar-refractivity contribution in [1.82, 2.24) is 10.2 Å². The molecule has 2 rings (SSSR count). The van der Waals surface area contributed by atoms with Crippen molar-refractivity contribution < 1.29 is 14.6 Å². The first-order valence-electron chi connectivity index (χ1n) is 7.02. The monoisotopic (exact) mass is 347 g/mol. The van der Waals surface area contributed by atoms with Crippen LogP contribution in [0.4, 0.5) is 10.5 Å². The lowest BCUT2D eigenvalue weighted by Gasteiger charge is -2.28. The highest BCUT2D eigenvalue weighted by Crippen LogP contribution is 2.24. The molecule has 1 aromatic carbocycles. The molecule has 1 atom stereocenters. The maximum absolute atomic E-state index is 11.8. The minimum Gasteiger partial charge on any atom is -0.390 e. The SMILES string of the molecule is O=C(NC[C@@H](O)CN1CCOCC1)Nc1ccc(Cl)c(Cl)c1. The quantitative estimate of drug-likeness (QED) is 0.759. The van der Waals surface area contributed by atoms with Gasteiger partial charge in [-0.2, -0.15) is 0 Å². The summed E-state index contributed by atoms with van der Waals surface area (Å²) in [7, 11) is 0. The number of carbonyl (C=O) groups is 1. The number of morpholine rings is 1. The summed E-state index contributed by atoms with van der Waals surface area (Å²) in [6.45, 7) is 3.63. The number of carbonyl (C=O) groups excluding carboxylic acids is 1. The largest absolute Gasteiger partial charge is 0.390 e. The molecule has 1 aliphatic rings. The van der Waals surface area contributed by atoms with Crippen LogP contribution in [-0.4, -0.2) is 61.5 Å². The predicted octanol–water partition coefficient (Wildman–Crippen LogP) is 1.81. The van der Waals surface area contributed by atoms with Crippen molar-refractivity contribution in [2.75, 3.05) is 44.7 Å². The predicted molar refractivity (Wildman–Crippen MR) is 86.7 cm³/mol. The second-order valence-corrected chi connectivity index (χ2v) is 5.85. The third kappa shape index (κ3) is 5.62. The Morgan fingerprint density at radius 2 is 2.05 bits per heavy atom. The minimum atomic E-state index is -0.627. The number of anilines is 1. The van der Waals surface area contributed by atoms with E-state index in [0.29, 0.717) is 35.5 Å². The van der Waals surface area contributed by atoms with Crippen molar-refractivity contribution >= 4 is 34.9 Å². The third-order valence-electron chi connectivity index (χ3n) is 3.25. The number of rotatable bonds is 5. The van der Waals surface area contributed by atoms with Crippen LogP contribution >= 0.6 is 23.2 Å². The number of amides is 2. The third-order valence-corrected chi connectivity index (χ3v) is 3.99. The van der Waals surface area contributed by atoms with E-state index in [1.165, 1.54) is 0 Å². The maximum Gasteiger partial charge on any atom is 0.319 e. The summed E-state index contributed by atoms with van der Waals surface area (Å²) in [5.74, 6) is 0. The van der Waals surface area contributed by atoms with Crippen LogP contribution in [0.25, 0.3) is 0 Å². The van der Waals surface area contributed by atoms with Gasteiger partial charge in [0.05, 0.1) is 29.4 Å². The summed E-state index contributed by atoms with van der Waals surface area (Å²) >= 11 is 11.7. The van der Waals surface area contributed by atoms with Crippen LogP contribution in [0, 0.1) is 0 Å². The Kier molecular flexibility index (Phi) is 6.72. The highest BCUT2D eigenvalue weighted by Gasteiger charge is 2.15. The lowest BCUT2D eigenvalue weighted by molar-refractivity contribution is 0.0154. The van der Waals surface area contributed by atoms with Gasteiger partial charge in [0, 0.05) is 31.9 Å². The molecule has 0 aromatic heterocycles. The van der Waals surface area contributed by atoms with Crippen LogP contribution in [0.15, 0.2) is 18.2 Å². The Morgan fingerprint density at radius 3 is 2.73 bits per heavy atom. The average Bonchev–Trinajstić information content (AvgIpc) is 2.50. The van der Waals surface area contributed by atoms with Gasteiger partial charge in [0.25, 0.3) is 0 Å². The number of hydrogen-bond donors (Lipinski definition) is 3. The summed E-state index contributed by atoms with van der Waals surface area (Å²) in [5.41, 5.74) is 0.537. The van der Waals surface area contributed by atoms with E-state index in [9.17, 15) is 9.90 Å². The Morgan fingerprint density at radius 1 is 1.32 bits per heavy atom. The van der Waals surface area contributed by atoms with Gasteiger partial charge in [-0.25, -0.2) is 4.79 Å². The van der Waals surface area contributed by atoms with Crippen molar-refractivity contribution in [2.45, 2.75) is 6.10 Å². The second kappa shape index (κ2) is 8.55. The number of halogens is 2. The molecular weight excluding hydrogens is 329 g/mol. The van der Waals surface area contributed by atoms with Gasteiger partial charge in [-0.3, -0.25) is 4.90 Å². The molecule has 22 heavy (non-hydrogen) atoms. The number of hydrogen-bond acceptors (Lipinski definition) is 4. The van der Waals surface area contributed by atoms with Crippen LogP contribution in [0.3, 0.4) is 0 Å². The molecule has 0 unspecified atom stereocenters. The summed E-state index contributed by atoms with van der Waals surface area (Å²) in [5, 5.41) is 16.0. The number of aliphatic hydroxyl groups is 1. The molecule has 8 heteroatoms. The van der Waals surface area contributed by atoms with Crippen molar-refractivity contribution in [1.29, 1.82) is 0 Å².